The second kappa shape index (κ2) is 6.23. The average molecular weight is 327 g/mol. The molecule has 0 aromatic heterocycles. The lowest BCUT2D eigenvalue weighted by Crippen LogP contribution is -2.04. The van der Waals surface area contributed by atoms with Gasteiger partial charge in [0, 0.05) is 9.50 Å². The van der Waals surface area contributed by atoms with Crippen molar-refractivity contribution >= 4 is 27.5 Å². The van der Waals surface area contributed by atoms with Crippen LogP contribution in [0.5, 0.6) is 11.5 Å². The van der Waals surface area contributed by atoms with Gasteiger partial charge in [-0.2, -0.15) is 0 Å². The molecule has 0 saturated heterocycles. The molecule has 0 aliphatic heterocycles. The molecule has 0 bridgehead atoms. The molecule has 0 aliphatic carbocycles. The number of ether oxygens (including phenoxy) is 1. The SMILES string of the molecule is NCCc1ccc(Cl)cc1Oc1ccc(Br)cc1. The van der Waals surface area contributed by atoms with E-state index < -0.39 is 0 Å². The molecule has 4 heteroatoms. The van der Waals surface area contributed by atoms with Crippen LogP contribution in [0.3, 0.4) is 0 Å². The fraction of sp³-hybridized carbons (Fsp3) is 0.143. The molecular formula is C14H13BrClNO. The summed E-state index contributed by atoms with van der Waals surface area (Å²) < 4.78 is 6.85. The van der Waals surface area contributed by atoms with Crippen molar-refractivity contribution in [2.24, 2.45) is 5.73 Å². The minimum absolute atomic E-state index is 0.582. The topological polar surface area (TPSA) is 35.2 Å². The normalized spacial score (nSPS) is 10.4. The van der Waals surface area contributed by atoms with E-state index in [-0.39, 0.29) is 0 Å². The zero-order valence-corrected chi connectivity index (χ0v) is 12.0. The summed E-state index contributed by atoms with van der Waals surface area (Å²) >= 11 is 9.38. The summed E-state index contributed by atoms with van der Waals surface area (Å²) in [5.41, 5.74) is 6.65. The van der Waals surface area contributed by atoms with Gasteiger partial charge >= 0.3 is 0 Å². The fourth-order valence-corrected chi connectivity index (χ4v) is 2.04. The van der Waals surface area contributed by atoms with Gasteiger partial charge in [0.1, 0.15) is 11.5 Å². The zero-order chi connectivity index (χ0) is 13.0. The van der Waals surface area contributed by atoms with Crippen LogP contribution < -0.4 is 10.5 Å². The van der Waals surface area contributed by atoms with Crippen LogP contribution in [0.25, 0.3) is 0 Å². The van der Waals surface area contributed by atoms with E-state index in [1.165, 1.54) is 0 Å². The van der Waals surface area contributed by atoms with Gasteiger partial charge in [-0.25, -0.2) is 0 Å². The Balaban J connectivity index is 2.26. The smallest absolute Gasteiger partial charge is 0.132 e. The van der Waals surface area contributed by atoms with Crippen molar-refractivity contribution in [2.75, 3.05) is 6.54 Å². The lowest BCUT2D eigenvalue weighted by Gasteiger charge is -2.11. The van der Waals surface area contributed by atoms with Crippen molar-refractivity contribution in [1.29, 1.82) is 0 Å². The molecule has 2 N–H and O–H groups in total. The zero-order valence-electron chi connectivity index (χ0n) is 9.70. The first kappa shape index (κ1) is 13.4. The molecule has 18 heavy (non-hydrogen) atoms. The first-order valence-corrected chi connectivity index (χ1v) is 6.78. The summed E-state index contributed by atoms with van der Waals surface area (Å²) in [7, 11) is 0. The van der Waals surface area contributed by atoms with Gasteiger partial charge in [0.2, 0.25) is 0 Å². The molecule has 0 spiro atoms. The highest BCUT2D eigenvalue weighted by Crippen LogP contribution is 2.29. The maximum Gasteiger partial charge on any atom is 0.132 e. The Kier molecular flexibility index (Phi) is 4.64. The molecule has 2 aromatic rings. The van der Waals surface area contributed by atoms with E-state index in [4.69, 9.17) is 22.1 Å². The van der Waals surface area contributed by atoms with Gasteiger partial charge in [-0.3, -0.25) is 0 Å². The van der Waals surface area contributed by atoms with E-state index in [2.05, 4.69) is 15.9 Å². The van der Waals surface area contributed by atoms with E-state index >= 15 is 0 Å². The number of halogens is 2. The summed E-state index contributed by atoms with van der Waals surface area (Å²) in [6.45, 7) is 0.582. The van der Waals surface area contributed by atoms with Crippen molar-refractivity contribution in [3.05, 3.63) is 57.5 Å². The third kappa shape index (κ3) is 3.48. The fourth-order valence-electron chi connectivity index (χ4n) is 1.62. The lowest BCUT2D eigenvalue weighted by molar-refractivity contribution is 0.476. The molecule has 2 nitrogen and oxygen atoms in total. The first-order valence-electron chi connectivity index (χ1n) is 5.61. The minimum atomic E-state index is 0.582. The van der Waals surface area contributed by atoms with E-state index in [1.54, 1.807) is 0 Å². The standard InChI is InChI=1S/C14H13BrClNO/c15-11-2-5-13(6-3-11)18-14-9-12(16)4-1-10(14)7-8-17/h1-6,9H,7-8,17H2. The average Bonchev–Trinajstić information content (AvgIpc) is 2.36. The van der Waals surface area contributed by atoms with Crippen molar-refractivity contribution in [2.45, 2.75) is 6.42 Å². The Morgan fingerprint density at radius 1 is 1.11 bits per heavy atom. The Morgan fingerprint density at radius 3 is 2.50 bits per heavy atom. The van der Waals surface area contributed by atoms with Crippen LogP contribution in [0.1, 0.15) is 5.56 Å². The van der Waals surface area contributed by atoms with E-state index in [9.17, 15) is 0 Å². The van der Waals surface area contributed by atoms with Crippen LogP contribution in [0.15, 0.2) is 46.9 Å². The summed E-state index contributed by atoms with van der Waals surface area (Å²) in [5.74, 6) is 1.54. The van der Waals surface area contributed by atoms with Crippen LogP contribution in [-0.4, -0.2) is 6.54 Å². The molecule has 0 fully saturated rings. The summed E-state index contributed by atoms with van der Waals surface area (Å²) in [6, 6.07) is 13.3. The number of rotatable bonds is 4. The second-order valence-electron chi connectivity index (χ2n) is 3.85. The van der Waals surface area contributed by atoms with E-state index in [0.29, 0.717) is 11.6 Å². The van der Waals surface area contributed by atoms with Crippen molar-refractivity contribution in [1.82, 2.24) is 0 Å². The number of hydrogen-bond donors (Lipinski definition) is 1. The Hall–Kier alpha value is -1.03. The number of nitrogens with two attached hydrogens (primary N) is 1. The third-order valence-electron chi connectivity index (χ3n) is 2.48. The number of hydrogen-bond acceptors (Lipinski definition) is 2. The second-order valence-corrected chi connectivity index (χ2v) is 5.20. The summed E-state index contributed by atoms with van der Waals surface area (Å²) in [5, 5.41) is 0.655. The van der Waals surface area contributed by atoms with Crippen LogP contribution in [-0.2, 0) is 6.42 Å². The molecule has 0 saturated carbocycles. The van der Waals surface area contributed by atoms with Crippen molar-refractivity contribution < 1.29 is 4.74 Å². The molecule has 0 heterocycles. The van der Waals surface area contributed by atoms with Gasteiger partial charge in [-0.15, -0.1) is 0 Å². The maximum atomic E-state index is 5.99. The van der Waals surface area contributed by atoms with Crippen LogP contribution in [0, 0.1) is 0 Å². The molecule has 0 unspecified atom stereocenters. The highest BCUT2D eigenvalue weighted by molar-refractivity contribution is 9.10. The number of benzene rings is 2. The molecular weight excluding hydrogens is 314 g/mol. The predicted octanol–water partition coefficient (Wildman–Crippen LogP) is 4.40. The van der Waals surface area contributed by atoms with Gasteiger partial charge in [0.25, 0.3) is 0 Å². The molecule has 0 atom stereocenters. The van der Waals surface area contributed by atoms with E-state index in [0.717, 1.165) is 28.0 Å². The molecule has 2 rings (SSSR count). The third-order valence-corrected chi connectivity index (χ3v) is 3.25. The lowest BCUT2D eigenvalue weighted by atomic mass is 10.1. The Bertz CT molecular complexity index is 528. The van der Waals surface area contributed by atoms with Crippen molar-refractivity contribution in [3.8, 4) is 11.5 Å². The molecule has 0 aliphatic rings. The predicted molar refractivity (Wildman–Crippen MR) is 78.4 cm³/mol. The van der Waals surface area contributed by atoms with Gasteiger partial charge < -0.3 is 10.5 Å². The largest absolute Gasteiger partial charge is 0.457 e. The van der Waals surface area contributed by atoms with Crippen LogP contribution in [0.2, 0.25) is 5.02 Å². The summed E-state index contributed by atoms with van der Waals surface area (Å²) in [6.07, 6.45) is 0.767. The highest BCUT2D eigenvalue weighted by Gasteiger charge is 2.05. The maximum absolute atomic E-state index is 5.99. The van der Waals surface area contributed by atoms with Gasteiger partial charge in [-0.1, -0.05) is 33.6 Å². The Morgan fingerprint density at radius 2 is 1.83 bits per heavy atom. The van der Waals surface area contributed by atoms with Gasteiger partial charge in [0.05, 0.1) is 0 Å². The molecule has 94 valence electrons. The van der Waals surface area contributed by atoms with Crippen LogP contribution in [0.4, 0.5) is 0 Å². The summed E-state index contributed by atoms with van der Waals surface area (Å²) in [4.78, 5) is 0. The first-order chi connectivity index (χ1) is 8.69. The quantitative estimate of drug-likeness (QED) is 0.904. The monoisotopic (exact) mass is 325 g/mol. The van der Waals surface area contributed by atoms with E-state index in [1.807, 2.05) is 42.5 Å². The molecule has 2 aromatic carbocycles. The van der Waals surface area contributed by atoms with Gasteiger partial charge in [-0.05, 0) is 54.9 Å². The molecule has 0 amide bonds. The van der Waals surface area contributed by atoms with Crippen LogP contribution >= 0.6 is 27.5 Å². The minimum Gasteiger partial charge on any atom is -0.457 e. The molecule has 0 radical (unpaired) electrons. The van der Waals surface area contributed by atoms with Gasteiger partial charge in [0.15, 0.2) is 0 Å². The Labute approximate surface area is 120 Å². The van der Waals surface area contributed by atoms with Crippen molar-refractivity contribution in [3.63, 3.8) is 0 Å². The highest BCUT2D eigenvalue weighted by atomic mass is 79.9.